The predicted octanol–water partition coefficient (Wildman–Crippen LogP) is 0.824. The monoisotopic (exact) mass is 292 g/mol. The molecule has 0 radical (unpaired) electrons. The quantitative estimate of drug-likeness (QED) is 0.761. The number of aromatic nitrogens is 2. The van der Waals surface area contributed by atoms with Crippen molar-refractivity contribution in [1.29, 1.82) is 0 Å². The van der Waals surface area contributed by atoms with E-state index in [1.165, 1.54) is 12.1 Å². The number of ether oxygens (including phenoxy) is 1. The van der Waals surface area contributed by atoms with E-state index in [0.29, 0.717) is 16.9 Å². The standard InChI is InChI=1S/C14H17FN4O2/c15-8-1-3-11-12(5-8)18-13(17-11)6-21-7-14(20)19-10-4-2-9(10)16/h1,3,5,9-10H,2,4,6-7,16H2,(H,17,18)(H,19,20)/t9-,10+/m1/s1. The predicted molar refractivity (Wildman–Crippen MR) is 74.8 cm³/mol. The average molecular weight is 292 g/mol. The molecule has 112 valence electrons. The zero-order valence-electron chi connectivity index (χ0n) is 11.4. The maximum Gasteiger partial charge on any atom is 0.246 e. The first kappa shape index (κ1) is 14.0. The van der Waals surface area contributed by atoms with Crippen LogP contribution < -0.4 is 11.1 Å². The van der Waals surface area contributed by atoms with Crippen LogP contribution in [-0.4, -0.2) is 34.6 Å². The molecular weight excluding hydrogens is 275 g/mol. The number of carbonyl (C=O) groups excluding carboxylic acids is 1. The van der Waals surface area contributed by atoms with E-state index in [1.54, 1.807) is 6.07 Å². The molecule has 1 aromatic heterocycles. The molecule has 1 amide bonds. The van der Waals surface area contributed by atoms with E-state index in [1.807, 2.05) is 0 Å². The van der Waals surface area contributed by atoms with Gasteiger partial charge in [-0.1, -0.05) is 0 Å². The van der Waals surface area contributed by atoms with E-state index in [4.69, 9.17) is 10.5 Å². The summed E-state index contributed by atoms with van der Waals surface area (Å²) in [4.78, 5) is 18.8. The maximum absolute atomic E-state index is 13.1. The Labute approximate surface area is 120 Å². The van der Waals surface area contributed by atoms with Crippen LogP contribution in [0.4, 0.5) is 4.39 Å². The number of benzene rings is 1. The summed E-state index contributed by atoms with van der Waals surface area (Å²) in [7, 11) is 0. The van der Waals surface area contributed by atoms with E-state index >= 15 is 0 Å². The molecule has 3 rings (SSSR count). The molecular formula is C14H17FN4O2. The number of aromatic amines is 1. The van der Waals surface area contributed by atoms with Crippen LogP contribution in [0.25, 0.3) is 11.0 Å². The molecule has 1 aliphatic rings. The van der Waals surface area contributed by atoms with Gasteiger partial charge in [-0.15, -0.1) is 0 Å². The highest BCUT2D eigenvalue weighted by Crippen LogP contribution is 2.17. The zero-order chi connectivity index (χ0) is 14.8. The molecule has 1 heterocycles. The van der Waals surface area contributed by atoms with Crippen LogP contribution in [-0.2, 0) is 16.1 Å². The molecule has 0 bridgehead atoms. The van der Waals surface area contributed by atoms with Gasteiger partial charge < -0.3 is 20.8 Å². The molecule has 0 aliphatic heterocycles. The van der Waals surface area contributed by atoms with Crippen molar-refractivity contribution in [3.8, 4) is 0 Å². The van der Waals surface area contributed by atoms with Crippen LogP contribution in [0.15, 0.2) is 18.2 Å². The maximum atomic E-state index is 13.1. The summed E-state index contributed by atoms with van der Waals surface area (Å²) in [5, 5.41) is 2.82. The molecule has 2 atom stereocenters. The first-order valence-corrected chi connectivity index (χ1v) is 6.88. The van der Waals surface area contributed by atoms with Gasteiger partial charge in [0.05, 0.1) is 11.0 Å². The number of fused-ring (bicyclic) bond motifs is 1. The molecule has 6 nitrogen and oxygen atoms in total. The first-order chi connectivity index (χ1) is 10.1. The number of hydrogen-bond donors (Lipinski definition) is 3. The van der Waals surface area contributed by atoms with E-state index < -0.39 is 0 Å². The number of rotatable bonds is 5. The molecule has 1 saturated carbocycles. The second-order valence-electron chi connectivity index (χ2n) is 5.25. The van der Waals surface area contributed by atoms with Gasteiger partial charge >= 0.3 is 0 Å². The summed E-state index contributed by atoms with van der Waals surface area (Å²) >= 11 is 0. The molecule has 0 spiro atoms. The number of nitrogens with two attached hydrogens (primary N) is 1. The fraction of sp³-hybridized carbons (Fsp3) is 0.429. The van der Waals surface area contributed by atoms with E-state index in [9.17, 15) is 9.18 Å². The minimum absolute atomic E-state index is 0.0470. The SMILES string of the molecule is N[C@@H]1CC[C@@H]1NC(=O)COCc1nc2ccc(F)cc2[nH]1. The Hall–Kier alpha value is -1.99. The molecule has 4 N–H and O–H groups in total. The number of imidazole rings is 1. The molecule has 1 aliphatic carbocycles. The summed E-state index contributed by atoms with van der Waals surface area (Å²) in [5.74, 6) is 0.0517. The van der Waals surface area contributed by atoms with E-state index in [2.05, 4.69) is 15.3 Å². The van der Waals surface area contributed by atoms with Gasteiger partial charge in [0.15, 0.2) is 0 Å². The molecule has 21 heavy (non-hydrogen) atoms. The Morgan fingerprint density at radius 3 is 3.10 bits per heavy atom. The summed E-state index contributed by atoms with van der Waals surface area (Å²) in [6.45, 7) is 0.120. The Morgan fingerprint density at radius 1 is 1.52 bits per heavy atom. The largest absolute Gasteiger partial charge is 0.364 e. The molecule has 2 aromatic rings. The second-order valence-corrected chi connectivity index (χ2v) is 5.25. The van der Waals surface area contributed by atoms with E-state index in [-0.39, 0.29) is 37.0 Å². The summed E-state index contributed by atoms with van der Waals surface area (Å²) in [6.07, 6.45) is 1.86. The Morgan fingerprint density at radius 2 is 2.38 bits per heavy atom. The Kier molecular flexibility index (Phi) is 3.85. The topological polar surface area (TPSA) is 93.0 Å². The first-order valence-electron chi connectivity index (χ1n) is 6.88. The molecule has 1 aromatic carbocycles. The number of amides is 1. The summed E-state index contributed by atoms with van der Waals surface area (Å²) < 4.78 is 18.4. The highest BCUT2D eigenvalue weighted by atomic mass is 19.1. The molecule has 1 fully saturated rings. The number of nitrogens with one attached hydrogen (secondary N) is 2. The minimum Gasteiger partial charge on any atom is -0.364 e. The smallest absolute Gasteiger partial charge is 0.246 e. The number of carbonyl (C=O) groups is 1. The zero-order valence-corrected chi connectivity index (χ0v) is 11.4. The van der Waals surface area contributed by atoms with Gasteiger partial charge in [-0.2, -0.15) is 0 Å². The van der Waals surface area contributed by atoms with Gasteiger partial charge in [-0.3, -0.25) is 4.79 Å². The van der Waals surface area contributed by atoms with Crippen LogP contribution in [0.1, 0.15) is 18.7 Å². The Balaban J connectivity index is 1.48. The lowest BCUT2D eigenvalue weighted by Gasteiger charge is -2.33. The van der Waals surface area contributed by atoms with E-state index in [0.717, 1.165) is 12.8 Å². The van der Waals surface area contributed by atoms with Crippen LogP contribution in [0.3, 0.4) is 0 Å². The van der Waals surface area contributed by atoms with Crippen molar-refractivity contribution < 1.29 is 13.9 Å². The average Bonchev–Trinajstić information content (AvgIpc) is 2.85. The molecule has 7 heteroatoms. The van der Waals surface area contributed by atoms with Crippen molar-refractivity contribution in [2.24, 2.45) is 5.73 Å². The highest BCUT2D eigenvalue weighted by molar-refractivity contribution is 5.77. The lowest BCUT2D eigenvalue weighted by atomic mass is 9.87. The third-order valence-electron chi connectivity index (χ3n) is 3.64. The van der Waals surface area contributed by atoms with Gasteiger partial charge in [0, 0.05) is 12.1 Å². The minimum atomic E-state index is -0.324. The number of H-pyrrole nitrogens is 1. The van der Waals surface area contributed by atoms with Gasteiger partial charge in [-0.05, 0) is 31.0 Å². The summed E-state index contributed by atoms with van der Waals surface area (Å²) in [5.41, 5.74) is 7.02. The van der Waals surface area contributed by atoms with Crippen LogP contribution >= 0.6 is 0 Å². The van der Waals surface area contributed by atoms with Crippen LogP contribution in [0.5, 0.6) is 0 Å². The lowest BCUT2D eigenvalue weighted by Crippen LogP contribution is -2.55. The normalized spacial score (nSPS) is 21.2. The van der Waals surface area contributed by atoms with Crippen molar-refractivity contribution in [2.45, 2.75) is 31.5 Å². The fourth-order valence-corrected chi connectivity index (χ4v) is 2.30. The molecule has 0 saturated heterocycles. The fourth-order valence-electron chi connectivity index (χ4n) is 2.30. The highest BCUT2D eigenvalue weighted by Gasteiger charge is 2.28. The van der Waals surface area contributed by atoms with Gasteiger partial charge in [-0.25, -0.2) is 9.37 Å². The second kappa shape index (κ2) is 5.79. The third-order valence-corrected chi connectivity index (χ3v) is 3.64. The van der Waals surface area contributed by atoms with Gasteiger partial charge in [0.2, 0.25) is 5.91 Å². The third kappa shape index (κ3) is 3.20. The van der Waals surface area contributed by atoms with Crippen molar-refractivity contribution in [3.05, 3.63) is 29.8 Å². The summed E-state index contributed by atoms with van der Waals surface area (Å²) in [6, 6.07) is 4.43. The van der Waals surface area contributed by atoms with Gasteiger partial charge in [0.25, 0.3) is 0 Å². The van der Waals surface area contributed by atoms with Crippen molar-refractivity contribution in [2.75, 3.05) is 6.61 Å². The Bertz CT molecular complexity index is 657. The number of nitrogens with zero attached hydrogens (tertiary/aromatic N) is 1. The van der Waals surface area contributed by atoms with Gasteiger partial charge in [0.1, 0.15) is 24.9 Å². The lowest BCUT2D eigenvalue weighted by molar-refractivity contribution is -0.127. The molecule has 0 unspecified atom stereocenters. The van der Waals surface area contributed by atoms with Crippen molar-refractivity contribution >= 4 is 16.9 Å². The number of halogens is 1. The van der Waals surface area contributed by atoms with Crippen LogP contribution in [0.2, 0.25) is 0 Å². The van der Waals surface area contributed by atoms with Crippen molar-refractivity contribution in [3.63, 3.8) is 0 Å². The van der Waals surface area contributed by atoms with Crippen molar-refractivity contribution in [1.82, 2.24) is 15.3 Å². The number of hydrogen-bond acceptors (Lipinski definition) is 4. The van der Waals surface area contributed by atoms with Crippen LogP contribution in [0, 0.1) is 5.82 Å².